The van der Waals surface area contributed by atoms with Crippen LogP contribution in [0.5, 0.6) is 0 Å². The molecular weight excluding hydrogens is 221 g/mol. The lowest BCUT2D eigenvalue weighted by Crippen LogP contribution is -2.38. The van der Waals surface area contributed by atoms with Gasteiger partial charge in [-0.25, -0.2) is 4.39 Å². The normalized spacial score (nSPS) is 22.6. The third kappa shape index (κ3) is 1.71. The van der Waals surface area contributed by atoms with Gasteiger partial charge < -0.3 is 5.32 Å². The van der Waals surface area contributed by atoms with Crippen molar-refractivity contribution in [1.82, 2.24) is 0 Å². The topological polar surface area (TPSA) is 12.0 Å². The summed E-state index contributed by atoms with van der Waals surface area (Å²) in [6, 6.07) is 5.32. The molecule has 0 atom stereocenters. The van der Waals surface area contributed by atoms with E-state index in [0.29, 0.717) is 0 Å². The molecule has 1 spiro atoms. The minimum Gasteiger partial charge on any atom is -0.383 e. The molecule has 1 aliphatic heterocycles. The number of halogens is 1. The Morgan fingerprint density at radius 3 is 2.81 bits per heavy atom. The molecule has 0 radical (unpaired) electrons. The molecule has 1 aromatic carbocycles. The summed E-state index contributed by atoms with van der Waals surface area (Å²) in [5.74, 6) is -0.0698. The molecule has 86 valence electrons. The largest absolute Gasteiger partial charge is 0.383 e. The Balaban J connectivity index is 1.92. The van der Waals surface area contributed by atoms with Gasteiger partial charge in [0.2, 0.25) is 0 Å². The fourth-order valence-electron chi connectivity index (χ4n) is 2.74. The number of thioether (sulfide) groups is 1. The maximum absolute atomic E-state index is 13.7. The molecule has 1 nitrogen and oxygen atoms in total. The predicted molar refractivity (Wildman–Crippen MR) is 66.6 cm³/mol. The van der Waals surface area contributed by atoms with E-state index in [1.807, 2.05) is 6.07 Å². The first kappa shape index (κ1) is 10.5. The maximum atomic E-state index is 13.7. The zero-order valence-electron chi connectivity index (χ0n) is 9.26. The van der Waals surface area contributed by atoms with Crippen molar-refractivity contribution in [3.8, 4) is 0 Å². The molecule has 16 heavy (non-hydrogen) atoms. The van der Waals surface area contributed by atoms with Crippen LogP contribution in [0, 0.1) is 5.82 Å². The second kappa shape index (κ2) is 3.95. The lowest BCUT2D eigenvalue weighted by Gasteiger charge is -2.40. The monoisotopic (exact) mass is 237 g/mol. The van der Waals surface area contributed by atoms with Gasteiger partial charge in [0.25, 0.3) is 0 Å². The molecule has 1 saturated carbocycles. The Kier molecular flexibility index (Phi) is 2.58. The summed E-state index contributed by atoms with van der Waals surface area (Å²) < 4.78 is 14.0. The summed E-state index contributed by atoms with van der Waals surface area (Å²) in [4.78, 5) is 0.829. The first-order valence-corrected chi connectivity index (χ1v) is 6.82. The highest BCUT2D eigenvalue weighted by molar-refractivity contribution is 8.01. The van der Waals surface area contributed by atoms with Gasteiger partial charge in [-0.15, -0.1) is 11.8 Å². The molecule has 1 heterocycles. The van der Waals surface area contributed by atoms with Crippen molar-refractivity contribution < 1.29 is 4.39 Å². The molecule has 0 bridgehead atoms. The van der Waals surface area contributed by atoms with Crippen LogP contribution >= 0.6 is 11.8 Å². The Hall–Kier alpha value is -0.700. The van der Waals surface area contributed by atoms with Crippen LogP contribution in [0.25, 0.3) is 0 Å². The third-order valence-electron chi connectivity index (χ3n) is 3.65. The molecule has 1 aromatic rings. The van der Waals surface area contributed by atoms with Gasteiger partial charge in [0.15, 0.2) is 0 Å². The van der Waals surface area contributed by atoms with Crippen molar-refractivity contribution in [1.29, 1.82) is 0 Å². The van der Waals surface area contributed by atoms with Crippen molar-refractivity contribution in [2.75, 3.05) is 11.9 Å². The molecule has 2 aliphatic rings. The van der Waals surface area contributed by atoms with Crippen LogP contribution in [0.3, 0.4) is 0 Å². The van der Waals surface area contributed by atoms with E-state index in [4.69, 9.17) is 0 Å². The zero-order chi connectivity index (χ0) is 11.0. The lowest BCUT2D eigenvalue weighted by atomic mass is 9.88. The second-order valence-corrected chi connectivity index (χ2v) is 6.29. The van der Waals surface area contributed by atoms with Gasteiger partial charge in [-0.05, 0) is 25.0 Å². The van der Waals surface area contributed by atoms with Gasteiger partial charge >= 0.3 is 0 Å². The van der Waals surface area contributed by atoms with Crippen molar-refractivity contribution in [3.63, 3.8) is 0 Å². The van der Waals surface area contributed by atoms with E-state index >= 15 is 0 Å². The molecule has 1 fully saturated rings. The Morgan fingerprint density at radius 1 is 1.19 bits per heavy atom. The number of hydrogen-bond acceptors (Lipinski definition) is 2. The van der Waals surface area contributed by atoms with E-state index in [1.54, 1.807) is 23.9 Å². The summed E-state index contributed by atoms with van der Waals surface area (Å²) in [5.41, 5.74) is 0.973. The smallest absolute Gasteiger partial charge is 0.138 e. The molecule has 1 N–H and O–H groups in total. The van der Waals surface area contributed by atoms with Crippen LogP contribution in [0.2, 0.25) is 0 Å². The van der Waals surface area contributed by atoms with E-state index in [0.717, 1.165) is 17.1 Å². The van der Waals surface area contributed by atoms with Crippen molar-refractivity contribution in [2.24, 2.45) is 0 Å². The van der Waals surface area contributed by atoms with Gasteiger partial charge in [0.1, 0.15) is 5.82 Å². The average Bonchev–Trinajstić information content (AvgIpc) is 2.32. The first-order chi connectivity index (χ1) is 7.79. The van der Waals surface area contributed by atoms with Crippen LogP contribution in [0.4, 0.5) is 10.1 Å². The standard InChI is InChI=1S/C13H16FNS/c14-10-5-4-6-11-12(10)16-13(9-15-11)7-2-1-3-8-13/h4-6,15H,1-3,7-9H2. The summed E-state index contributed by atoms with van der Waals surface area (Å²) in [6.45, 7) is 0.994. The number of fused-ring (bicyclic) bond motifs is 1. The third-order valence-corrected chi connectivity index (χ3v) is 5.26. The molecule has 3 rings (SSSR count). The second-order valence-electron chi connectivity index (χ2n) is 4.82. The van der Waals surface area contributed by atoms with Crippen molar-refractivity contribution in [3.05, 3.63) is 24.0 Å². The molecule has 0 amide bonds. The van der Waals surface area contributed by atoms with Gasteiger partial charge in [-0.2, -0.15) is 0 Å². The fourth-order valence-corrected chi connectivity index (χ4v) is 4.22. The minimum absolute atomic E-state index is 0.0698. The lowest BCUT2D eigenvalue weighted by molar-refractivity contribution is 0.407. The van der Waals surface area contributed by atoms with Crippen LogP contribution in [-0.2, 0) is 0 Å². The Morgan fingerprint density at radius 2 is 2.00 bits per heavy atom. The number of hydrogen-bond donors (Lipinski definition) is 1. The summed E-state index contributed by atoms with van der Waals surface area (Å²) in [5, 5.41) is 3.40. The number of nitrogens with one attached hydrogen (secondary N) is 1. The summed E-state index contributed by atoms with van der Waals surface area (Å²) in [7, 11) is 0. The quantitative estimate of drug-likeness (QED) is 0.730. The number of rotatable bonds is 0. The van der Waals surface area contributed by atoms with E-state index in [2.05, 4.69) is 5.32 Å². The van der Waals surface area contributed by atoms with Crippen molar-refractivity contribution >= 4 is 17.4 Å². The van der Waals surface area contributed by atoms with Gasteiger partial charge in [-0.1, -0.05) is 25.3 Å². The van der Waals surface area contributed by atoms with Crippen LogP contribution < -0.4 is 5.32 Å². The minimum atomic E-state index is -0.0698. The number of benzene rings is 1. The van der Waals surface area contributed by atoms with Crippen molar-refractivity contribution in [2.45, 2.75) is 41.7 Å². The molecule has 3 heteroatoms. The molecule has 0 unspecified atom stereocenters. The maximum Gasteiger partial charge on any atom is 0.138 e. The van der Waals surface area contributed by atoms with Crippen LogP contribution in [0.1, 0.15) is 32.1 Å². The summed E-state index contributed by atoms with van der Waals surface area (Å²) in [6.07, 6.45) is 6.36. The molecule has 1 aliphatic carbocycles. The van der Waals surface area contributed by atoms with Gasteiger partial charge in [-0.3, -0.25) is 0 Å². The average molecular weight is 237 g/mol. The molecule has 0 saturated heterocycles. The van der Waals surface area contributed by atoms with Gasteiger partial charge in [0, 0.05) is 11.3 Å². The highest BCUT2D eigenvalue weighted by Crippen LogP contribution is 2.49. The Bertz CT molecular complexity index is 399. The van der Waals surface area contributed by atoms with Crippen LogP contribution in [0.15, 0.2) is 23.1 Å². The first-order valence-electron chi connectivity index (χ1n) is 6.01. The molecular formula is C13H16FNS. The van der Waals surface area contributed by atoms with E-state index in [9.17, 15) is 4.39 Å². The highest BCUT2D eigenvalue weighted by atomic mass is 32.2. The fraction of sp³-hybridized carbons (Fsp3) is 0.538. The number of anilines is 1. The van der Waals surface area contributed by atoms with Gasteiger partial charge in [0.05, 0.1) is 10.6 Å². The summed E-state index contributed by atoms with van der Waals surface area (Å²) >= 11 is 1.77. The van der Waals surface area contributed by atoms with E-state index in [1.165, 1.54) is 32.1 Å². The van der Waals surface area contributed by atoms with Crippen LogP contribution in [-0.4, -0.2) is 11.3 Å². The predicted octanol–water partition coefficient (Wildman–Crippen LogP) is 4.05. The molecule has 0 aromatic heterocycles. The Labute approximate surface area is 99.8 Å². The van der Waals surface area contributed by atoms with E-state index < -0.39 is 0 Å². The zero-order valence-corrected chi connectivity index (χ0v) is 10.1. The SMILES string of the molecule is Fc1cccc2c1SC1(CCCCC1)CN2. The van der Waals surface area contributed by atoms with E-state index in [-0.39, 0.29) is 10.6 Å². The highest BCUT2D eigenvalue weighted by Gasteiger charge is 2.37.